The zero-order chi connectivity index (χ0) is 15.1. The molecular formula is C16H18N2O2S. The number of benzene rings is 1. The number of nitrogens with one attached hydrogen (secondary N) is 1. The van der Waals surface area contributed by atoms with Gasteiger partial charge in [0, 0.05) is 18.7 Å². The summed E-state index contributed by atoms with van der Waals surface area (Å²) in [5.74, 6) is 1.07. The molecule has 0 aliphatic carbocycles. The number of furan rings is 1. The van der Waals surface area contributed by atoms with Gasteiger partial charge in [0.05, 0.1) is 12.8 Å². The molecule has 0 fully saturated rings. The molecule has 0 radical (unpaired) electrons. The topological polar surface area (TPSA) is 48.6 Å². The first-order valence-corrected chi connectivity index (χ1v) is 7.04. The average molecular weight is 302 g/mol. The van der Waals surface area contributed by atoms with Crippen LogP contribution in [-0.2, 0) is 13.1 Å². The second-order valence-electron chi connectivity index (χ2n) is 4.54. The summed E-state index contributed by atoms with van der Waals surface area (Å²) in [6.07, 6.45) is 3.38. The maximum atomic E-state index is 9.91. The lowest BCUT2D eigenvalue weighted by Gasteiger charge is -2.25. The number of phenolic OH excluding ortho intramolecular Hbond substituents is 1. The van der Waals surface area contributed by atoms with E-state index in [2.05, 4.69) is 11.9 Å². The van der Waals surface area contributed by atoms with Crippen molar-refractivity contribution in [1.82, 2.24) is 10.2 Å². The molecule has 0 amide bonds. The van der Waals surface area contributed by atoms with Crippen molar-refractivity contribution >= 4 is 17.3 Å². The molecule has 1 aromatic carbocycles. The smallest absolute Gasteiger partial charge is 0.169 e. The molecular weight excluding hydrogens is 284 g/mol. The predicted molar refractivity (Wildman–Crippen MR) is 86.9 cm³/mol. The lowest BCUT2D eigenvalue weighted by atomic mass is 10.2. The molecule has 1 heterocycles. The summed E-state index contributed by atoms with van der Waals surface area (Å²) in [6, 6.07) is 11.0. The molecule has 0 saturated heterocycles. The number of hydrogen-bond acceptors (Lipinski definition) is 3. The zero-order valence-corrected chi connectivity index (χ0v) is 12.5. The normalized spacial score (nSPS) is 10.1. The van der Waals surface area contributed by atoms with Gasteiger partial charge >= 0.3 is 0 Å². The lowest BCUT2D eigenvalue weighted by molar-refractivity contribution is 0.346. The van der Waals surface area contributed by atoms with E-state index < -0.39 is 0 Å². The molecule has 2 rings (SSSR count). The maximum Gasteiger partial charge on any atom is 0.169 e. The van der Waals surface area contributed by atoms with Gasteiger partial charge in [0.15, 0.2) is 5.11 Å². The Bertz CT molecular complexity index is 596. The van der Waals surface area contributed by atoms with Crippen LogP contribution < -0.4 is 5.32 Å². The van der Waals surface area contributed by atoms with Crippen LogP contribution in [0, 0.1) is 0 Å². The van der Waals surface area contributed by atoms with Gasteiger partial charge in [-0.25, -0.2) is 0 Å². The number of aromatic hydroxyl groups is 1. The molecule has 0 aliphatic rings. The fraction of sp³-hybridized carbons (Fsp3) is 0.188. The monoisotopic (exact) mass is 302 g/mol. The Balaban J connectivity index is 2.12. The Morgan fingerprint density at radius 3 is 2.76 bits per heavy atom. The van der Waals surface area contributed by atoms with Gasteiger partial charge in [-0.3, -0.25) is 0 Å². The molecule has 4 nitrogen and oxygen atoms in total. The van der Waals surface area contributed by atoms with Gasteiger partial charge in [-0.2, -0.15) is 0 Å². The summed E-state index contributed by atoms with van der Waals surface area (Å²) in [6.45, 7) is 5.29. The number of para-hydroxylation sites is 1. The Morgan fingerprint density at radius 1 is 1.29 bits per heavy atom. The Hall–Kier alpha value is -2.27. The number of phenols is 1. The molecule has 0 atom stereocenters. The van der Waals surface area contributed by atoms with Gasteiger partial charge in [-0.05, 0) is 30.4 Å². The van der Waals surface area contributed by atoms with Crippen LogP contribution in [0.3, 0.4) is 0 Å². The summed E-state index contributed by atoms with van der Waals surface area (Å²) in [5.41, 5.74) is 0.812. The van der Waals surface area contributed by atoms with Crippen LogP contribution in [0.4, 0.5) is 0 Å². The highest BCUT2D eigenvalue weighted by Crippen LogP contribution is 2.19. The van der Waals surface area contributed by atoms with Crippen LogP contribution in [0.15, 0.2) is 59.7 Å². The quantitative estimate of drug-likeness (QED) is 0.634. The Labute approximate surface area is 129 Å². The van der Waals surface area contributed by atoms with Crippen molar-refractivity contribution < 1.29 is 9.52 Å². The molecule has 0 saturated carbocycles. The first kappa shape index (κ1) is 15.1. The van der Waals surface area contributed by atoms with E-state index in [0.29, 0.717) is 24.7 Å². The summed E-state index contributed by atoms with van der Waals surface area (Å²) in [5, 5.41) is 13.6. The van der Waals surface area contributed by atoms with Crippen LogP contribution in [0.25, 0.3) is 0 Å². The summed E-state index contributed by atoms with van der Waals surface area (Å²) >= 11 is 5.40. The van der Waals surface area contributed by atoms with Crippen LogP contribution in [0.1, 0.15) is 11.3 Å². The summed E-state index contributed by atoms with van der Waals surface area (Å²) in [7, 11) is 0. The van der Waals surface area contributed by atoms with Crippen molar-refractivity contribution in [2.75, 3.05) is 6.54 Å². The maximum absolute atomic E-state index is 9.91. The van der Waals surface area contributed by atoms with Crippen LogP contribution in [0.5, 0.6) is 5.75 Å². The molecule has 2 N–H and O–H groups in total. The van der Waals surface area contributed by atoms with Gasteiger partial charge in [0.2, 0.25) is 0 Å². The third-order valence-electron chi connectivity index (χ3n) is 2.96. The van der Waals surface area contributed by atoms with E-state index in [1.807, 2.05) is 29.2 Å². The Morgan fingerprint density at radius 2 is 2.10 bits per heavy atom. The second-order valence-corrected chi connectivity index (χ2v) is 4.93. The number of hydrogen-bond donors (Lipinski definition) is 2. The second kappa shape index (κ2) is 7.50. The van der Waals surface area contributed by atoms with Crippen LogP contribution in [0.2, 0.25) is 0 Å². The molecule has 1 aromatic heterocycles. The SMILES string of the molecule is C=CCNC(=S)N(Cc1ccco1)Cc1ccccc1O. The van der Waals surface area contributed by atoms with E-state index in [1.165, 1.54) is 0 Å². The van der Waals surface area contributed by atoms with Gasteiger partial charge < -0.3 is 19.7 Å². The molecule has 21 heavy (non-hydrogen) atoms. The van der Waals surface area contributed by atoms with E-state index in [1.54, 1.807) is 24.5 Å². The molecule has 5 heteroatoms. The number of rotatable bonds is 6. The predicted octanol–water partition coefficient (Wildman–Crippen LogP) is 3.05. The van der Waals surface area contributed by atoms with Crippen LogP contribution >= 0.6 is 12.2 Å². The molecule has 110 valence electrons. The minimum atomic E-state index is 0.258. The van der Waals surface area contributed by atoms with Crippen molar-refractivity contribution in [3.8, 4) is 5.75 Å². The van der Waals surface area contributed by atoms with E-state index >= 15 is 0 Å². The van der Waals surface area contributed by atoms with Crippen molar-refractivity contribution in [3.05, 3.63) is 66.6 Å². The third kappa shape index (κ3) is 4.36. The standard InChI is InChI=1S/C16H18N2O2S/c1-2-9-17-16(21)18(12-14-7-5-10-20-14)11-13-6-3-4-8-15(13)19/h2-8,10,19H,1,9,11-12H2,(H,17,21). The minimum absolute atomic E-state index is 0.258. The molecule has 2 aromatic rings. The van der Waals surface area contributed by atoms with Crippen molar-refractivity contribution in [2.45, 2.75) is 13.1 Å². The third-order valence-corrected chi connectivity index (χ3v) is 3.37. The minimum Gasteiger partial charge on any atom is -0.508 e. The fourth-order valence-corrected chi connectivity index (χ4v) is 2.12. The zero-order valence-electron chi connectivity index (χ0n) is 11.7. The van der Waals surface area contributed by atoms with E-state index in [0.717, 1.165) is 11.3 Å². The van der Waals surface area contributed by atoms with Gasteiger partial charge in [0.25, 0.3) is 0 Å². The van der Waals surface area contributed by atoms with Gasteiger partial charge in [-0.1, -0.05) is 24.3 Å². The highest BCUT2D eigenvalue weighted by atomic mass is 32.1. The summed E-state index contributed by atoms with van der Waals surface area (Å²) < 4.78 is 5.37. The van der Waals surface area contributed by atoms with Crippen LogP contribution in [-0.4, -0.2) is 21.7 Å². The molecule has 0 spiro atoms. The first-order chi connectivity index (χ1) is 10.2. The van der Waals surface area contributed by atoms with E-state index in [-0.39, 0.29) is 5.75 Å². The number of thiocarbonyl (C=S) groups is 1. The van der Waals surface area contributed by atoms with Gasteiger partial charge in [0.1, 0.15) is 11.5 Å². The Kier molecular flexibility index (Phi) is 5.40. The first-order valence-electron chi connectivity index (χ1n) is 6.63. The van der Waals surface area contributed by atoms with E-state index in [9.17, 15) is 5.11 Å². The largest absolute Gasteiger partial charge is 0.508 e. The molecule has 0 aliphatic heterocycles. The highest BCUT2D eigenvalue weighted by molar-refractivity contribution is 7.80. The van der Waals surface area contributed by atoms with Crippen molar-refractivity contribution in [1.29, 1.82) is 0 Å². The highest BCUT2D eigenvalue weighted by Gasteiger charge is 2.13. The lowest BCUT2D eigenvalue weighted by Crippen LogP contribution is -2.38. The molecule has 0 unspecified atom stereocenters. The fourth-order valence-electron chi connectivity index (χ4n) is 1.91. The average Bonchev–Trinajstić information content (AvgIpc) is 2.99. The molecule has 0 bridgehead atoms. The van der Waals surface area contributed by atoms with Crippen molar-refractivity contribution in [2.24, 2.45) is 0 Å². The number of nitrogens with zero attached hydrogens (tertiary/aromatic N) is 1. The van der Waals surface area contributed by atoms with E-state index in [4.69, 9.17) is 16.6 Å². The van der Waals surface area contributed by atoms with Gasteiger partial charge in [-0.15, -0.1) is 6.58 Å². The van der Waals surface area contributed by atoms with Crippen molar-refractivity contribution in [3.63, 3.8) is 0 Å². The summed E-state index contributed by atoms with van der Waals surface area (Å²) in [4.78, 5) is 1.94.